The molecule has 1 amide bonds. The van der Waals surface area contributed by atoms with Crippen molar-refractivity contribution >= 4 is 17.8 Å². The van der Waals surface area contributed by atoms with E-state index in [0.717, 1.165) is 44.7 Å². The molecule has 0 aromatic carbocycles. The Morgan fingerprint density at radius 3 is 2.50 bits per heavy atom. The number of hydrogen-bond acceptors (Lipinski definition) is 5. The number of aromatic nitrogens is 2. The van der Waals surface area contributed by atoms with Gasteiger partial charge in [-0.05, 0) is 31.6 Å². The second-order valence-corrected chi connectivity index (χ2v) is 6.72. The monoisotopic (exact) mass is 336 g/mol. The van der Waals surface area contributed by atoms with Crippen molar-refractivity contribution in [3.8, 4) is 0 Å². The van der Waals surface area contributed by atoms with Crippen molar-refractivity contribution in [2.24, 2.45) is 5.41 Å². The first-order valence-corrected chi connectivity index (χ1v) is 8.15. The van der Waals surface area contributed by atoms with Crippen LogP contribution in [0.15, 0.2) is 12.4 Å². The van der Waals surface area contributed by atoms with Crippen molar-refractivity contribution in [1.82, 2.24) is 14.9 Å². The number of nitrogens with zero attached hydrogens (tertiary/aromatic N) is 4. The molecule has 130 valence electrons. The molecule has 1 spiro atoms. The number of carbonyl (C=O) groups is 2. The zero-order valence-corrected chi connectivity index (χ0v) is 13.6. The maximum atomic E-state index is 12.9. The molecule has 7 nitrogen and oxygen atoms in total. The van der Waals surface area contributed by atoms with Crippen LogP contribution in [0.4, 0.5) is 10.3 Å². The largest absolute Gasteiger partial charge is 0.480 e. The van der Waals surface area contributed by atoms with Gasteiger partial charge in [0.2, 0.25) is 11.9 Å². The summed E-state index contributed by atoms with van der Waals surface area (Å²) in [5.74, 6) is -1.01. The van der Waals surface area contributed by atoms with E-state index in [1.165, 1.54) is 4.90 Å². The average Bonchev–Trinajstić information content (AvgIpc) is 2.58. The van der Waals surface area contributed by atoms with Gasteiger partial charge in [-0.25, -0.2) is 19.2 Å². The molecular weight excluding hydrogens is 315 g/mol. The molecule has 3 rings (SSSR count). The van der Waals surface area contributed by atoms with E-state index in [2.05, 4.69) is 9.97 Å². The Kier molecular flexibility index (Phi) is 4.38. The van der Waals surface area contributed by atoms with Gasteiger partial charge in [-0.1, -0.05) is 0 Å². The Labute approximate surface area is 139 Å². The number of amides is 1. The molecule has 1 aromatic rings. The van der Waals surface area contributed by atoms with Crippen molar-refractivity contribution in [3.05, 3.63) is 18.2 Å². The molecule has 8 heteroatoms. The second kappa shape index (κ2) is 6.33. The number of likely N-dealkylation sites (tertiary alicyclic amines) is 1. The van der Waals surface area contributed by atoms with Gasteiger partial charge in [0.1, 0.15) is 6.04 Å². The second-order valence-electron chi connectivity index (χ2n) is 6.72. The Balaban J connectivity index is 1.67. The maximum Gasteiger partial charge on any atom is 0.326 e. The smallest absolute Gasteiger partial charge is 0.326 e. The maximum absolute atomic E-state index is 12.9. The fourth-order valence-corrected chi connectivity index (χ4v) is 3.59. The standard InChI is InChI=1S/C16H21FN4O3/c1-11(14(23)24)21-10-16(3-2-13(21)22)4-6-20(7-5-16)15-18-8-12(17)9-19-15/h8-9,11H,2-7,10H2,1H3,(H,23,24). The summed E-state index contributed by atoms with van der Waals surface area (Å²) in [6.07, 6.45) is 5.16. The first kappa shape index (κ1) is 16.6. The number of carboxylic acid groups (broad SMARTS) is 1. The number of hydrogen-bond donors (Lipinski definition) is 1. The lowest BCUT2D eigenvalue weighted by atomic mass is 9.72. The minimum Gasteiger partial charge on any atom is -0.480 e. The van der Waals surface area contributed by atoms with Crippen LogP contribution in [-0.2, 0) is 9.59 Å². The van der Waals surface area contributed by atoms with Crippen LogP contribution in [0, 0.1) is 11.2 Å². The van der Waals surface area contributed by atoms with E-state index >= 15 is 0 Å². The molecule has 0 saturated carbocycles. The Morgan fingerprint density at radius 2 is 1.92 bits per heavy atom. The third-order valence-electron chi connectivity index (χ3n) is 5.23. The van der Waals surface area contributed by atoms with Gasteiger partial charge in [0.15, 0.2) is 5.82 Å². The molecule has 0 bridgehead atoms. The van der Waals surface area contributed by atoms with Gasteiger partial charge in [-0.15, -0.1) is 0 Å². The van der Waals surface area contributed by atoms with E-state index in [9.17, 15) is 19.1 Å². The lowest BCUT2D eigenvalue weighted by Gasteiger charge is -2.48. The summed E-state index contributed by atoms with van der Waals surface area (Å²) in [6, 6.07) is -0.798. The topological polar surface area (TPSA) is 86.6 Å². The highest BCUT2D eigenvalue weighted by Crippen LogP contribution is 2.41. The van der Waals surface area contributed by atoms with E-state index in [0.29, 0.717) is 18.9 Å². The van der Waals surface area contributed by atoms with Gasteiger partial charge < -0.3 is 14.9 Å². The minimum absolute atomic E-state index is 0.0475. The molecule has 1 atom stereocenters. The normalized spacial score (nSPS) is 21.8. The molecule has 2 aliphatic rings. The highest BCUT2D eigenvalue weighted by molar-refractivity contribution is 5.84. The van der Waals surface area contributed by atoms with Crippen molar-refractivity contribution < 1.29 is 19.1 Å². The predicted molar refractivity (Wildman–Crippen MR) is 83.9 cm³/mol. The number of piperidine rings is 2. The van der Waals surface area contributed by atoms with E-state index < -0.39 is 17.8 Å². The van der Waals surface area contributed by atoms with Gasteiger partial charge in [-0.3, -0.25) is 4.79 Å². The van der Waals surface area contributed by atoms with E-state index in [-0.39, 0.29) is 11.3 Å². The fraction of sp³-hybridized carbons (Fsp3) is 0.625. The van der Waals surface area contributed by atoms with E-state index in [1.807, 2.05) is 4.90 Å². The molecule has 0 aliphatic carbocycles. The van der Waals surface area contributed by atoms with Crippen molar-refractivity contribution in [2.45, 2.75) is 38.6 Å². The zero-order valence-electron chi connectivity index (χ0n) is 13.6. The SMILES string of the molecule is CC(C(=O)O)N1CC2(CCC1=O)CCN(c1ncc(F)cn1)CC2. The number of anilines is 1. The van der Waals surface area contributed by atoms with Crippen LogP contribution in [0.1, 0.15) is 32.6 Å². The lowest BCUT2D eigenvalue weighted by Crippen LogP contribution is -2.55. The summed E-state index contributed by atoms with van der Waals surface area (Å²) in [6.45, 7) is 3.47. The van der Waals surface area contributed by atoms with Crippen molar-refractivity contribution in [2.75, 3.05) is 24.5 Å². The summed E-state index contributed by atoms with van der Waals surface area (Å²) < 4.78 is 12.9. The van der Waals surface area contributed by atoms with Crippen LogP contribution in [0.2, 0.25) is 0 Å². The molecule has 0 radical (unpaired) electrons. The molecule has 3 heterocycles. The van der Waals surface area contributed by atoms with Gasteiger partial charge >= 0.3 is 5.97 Å². The molecule has 2 aliphatic heterocycles. The minimum atomic E-state index is -0.974. The molecule has 2 saturated heterocycles. The highest BCUT2D eigenvalue weighted by atomic mass is 19.1. The molecule has 1 N–H and O–H groups in total. The first-order chi connectivity index (χ1) is 11.4. The lowest BCUT2D eigenvalue weighted by molar-refractivity contribution is -0.154. The van der Waals surface area contributed by atoms with Crippen LogP contribution in [0.3, 0.4) is 0 Å². The summed E-state index contributed by atoms with van der Waals surface area (Å²) >= 11 is 0. The molecule has 1 unspecified atom stereocenters. The number of carboxylic acids is 1. The molecule has 24 heavy (non-hydrogen) atoms. The van der Waals surface area contributed by atoms with Gasteiger partial charge in [0.05, 0.1) is 12.4 Å². The van der Waals surface area contributed by atoms with Crippen LogP contribution in [0.25, 0.3) is 0 Å². The molecular formula is C16H21FN4O3. The number of halogens is 1. The number of rotatable bonds is 3. The summed E-state index contributed by atoms with van der Waals surface area (Å²) in [7, 11) is 0. The Morgan fingerprint density at radius 1 is 1.29 bits per heavy atom. The number of aliphatic carboxylic acids is 1. The van der Waals surface area contributed by atoms with Crippen LogP contribution in [-0.4, -0.2) is 57.5 Å². The first-order valence-electron chi connectivity index (χ1n) is 8.15. The molecule has 2 fully saturated rings. The highest BCUT2D eigenvalue weighted by Gasteiger charge is 2.43. The van der Waals surface area contributed by atoms with Crippen molar-refractivity contribution in [3.63, 3.8) is 0 Å². The third kappa shape index (κ3) is 3.18. The van der Waals surface area contributed by atoms with Gasteiger partial charge in [-0.2, -0.15) is 0 Å². The predicted octanol–water partition coefficient (Wildman–Crippen LogP) is 1.30. The summed E-state index contributed by atoms with van der Waals surface area (Å²) in [5.41, 5.74) is -0.0475. The van der Waals surface area contributed by atoms with E-state index in [1.54, 1.807) is 6.92 Å². The van der Waals surface area contributed by atoms with Gasteiger partial charge in [0, 0.05) is 26.1 Å². The van der Waals surface area contributed by atoms with Crippen LogP contribution in [0.5, 0.6) is 0 Å². The number of carbonyl (C=O) groups excluding carboxylic acids is 1. The van der Waals surface area contributed by atoms with E-state index in [4.69, 9.17) is 0 Å². The van der Waals surface area contributed by atoms with Gasteiger partial charge in [0.25, 0.3) is 0 Å². The fourth-order valence-electron chi connectivity index (χ4n) is 3.59. The zero-order chi connectivity index (χ0) is 17.3. The summed E-state index contributed by atoms with van der Waals surface area (Å²) in [5, 5.41) is 9.20. The van der Waals surface area contributed by atoms with Crippen LogP contribution >= 0.6 is 0 Å². The Bertz CT molecular complexity index is 629. The van der Waals surface area contributed by atoms with Crippen molar-refractivity contribution in [1.29, 1.82) is 0 Å². The third-order valence-corrected chi connectivity index (χ3v) is 5.23. The Hall–Kier alpha value is -2.25. The summed E-state index contributed by atoms with van der Waals surface area (Å²) in [4.78, 5) is 34.8. The molecule has 1 aromatic heterocycles. The van der Waals surface area contributed by atoms with Crippen LogP contribution < -0.4 is 4.90 Å². The average molecular weight is 336 g/mol. The quantitative estimate of drug-likeness (QED) is 0.895.